The minimum absolute atomic E-state index is 0.00474. The molecule has 0 bridgehead atoms. The number of hydrogen-bond acceptors (Lipinski definition) is 4. The van der Waals surface area contributed by atoms with Crippen LogP contribution in [0.1, 0.15) is 103 Å². The largest absolute Gasteiger partial charge is 0.444 e. The van der Waals surface area contributed by atoms with Gasteiger partial charge in [0.25, 0.3) is 0 Å². The summed E-state index contributed by atoms with van der Waals surface area (Å²) in [6, 6.07) is 4.35. The minimum atomic E-state index is -0.811. The zero-order valence-corrected chi connectivity index (χ0v) is 23.7. The molecule has 3 unspecified atom stereocenters. The van der Waals surface area contributed by atoms with Crippen LogP contribution in [0.3, 0.4) is 0 Å². The molecule has 1 aliphatic carbocycles. The van der Waals surface area contributed by atoms with Crippen LogP contribution in [0.2, 0.25) is 0 Å². The molecule has 2 N–H and O–H groups in total. The summed E-state index contributed by atoms with van der Waals surface area (Å²) in [6.45, 7) is 17.3. The van der Waals surface area contributed by atoms with E-state index in [0.29, 0.717) is 0 Å². The lowest BCUT2D eigenvalue weighted by Crippen LogP contribution is -2.59. The second kappa shape index (κ2) is 12.6. The van der Waals surface area contributed by atoms with Gasteiger partial charge in [-0.3, -0.25) is 9.59 Å². The van der Waals surface area contributed by atoms with Crippen molar-refractivity contribution in [1.29, 1.82) is 0 Å². The molecule has 3 atom stereocenters. The molecule has 36 heavy (non-hydrogen) atoms. The summed E-state index contributed by atoms with van der Waals surface area (Å²) >= 11 is 0. The highest BCUT2D eigenvalue weighted by molar-refractivity contribution is 5.93. The van der Waals surface area contributed by atoms with Crippen LogP contribution in [0.25, 0.3) is 0 Å². The van der Waals surface area contributed by atoms with Crippen molar-refractivity contribution in [2.24, 2.45) is 5.92 Å². The summed E-state index contributed by atoms with van der Waals surface area (Å²) in [5, 5.41) is 5.96. The van der Waals surface area contributed by atoms with Crippen molar-refractivity contribution in [3.05, 3.63) is 34.9 Å². The van der Waals surface area contributed by atoms with Crippen molar-refractivity contribution in [3.63, 3.8) is 0 Å². The Balaban J connectivity index is 2.52. The first-order valence-electron chi connectivity index (χ1n) is 13.4. The third-order valence-electron chi connectivity index (χ3n) is 6.68. The van der Waals surface area contributed by atoms with Crippen molar-refractivity contribution in [1.82, 2.24) is 15.5 Å². The predicted octanol–water partition coefficient (Wildman–Crippen LogP) is 5.58. The van der Waals surface area contributed by atoms with Crippen molar-refractivity contribution in [2.75, 3.05) is 0 Å². The maximum atomic E-state index is 14.2. The van der Waals surface area contributed by atoms with E-state index in [1.54, 1.807) is 25.7 Å². The molecule has 202 valence electrons. The number of aryl methyl sites for hydroxylation is 2. The van der Waals surface area contributed by atoms with E-state index in [2.05, 4.69) is 17.6 Å². The molecule has 0 radical (unpaired) electrons. The number of rotatable bonds is 10. The fraction of sp³-hybridized carbons (Fsp3) is 0.690. The van der Waals surface area contributed by atoms with Gasteiger partial charge in [0.2, 0.25) is 11.8 Å². The van der Waals surface area contributed by atoms with E-state index in [1.807, 2.05) is 52.8 Å². The highest BCUT2D eigenvalue weighted by atomic mass is 16.6. The van der Waals surface area contributed by atoms with Gasteiger partial charge in [-0.15, -0.1) is 0 Å². The molecule has 7 nitrogen and oxygen atoms in total. The van der Waals surface area contributed by atoms with E-state index in [0.717, 1.165) is 48.8 Å². The Labute approximate surface area is 217 Å². The molecule has 0 spiro atoms. The predicted molar refractivity (Wildman–Crippen MR) is 144 cm³/mol. The Hall–Kier alpha value is -2.57. The van der Waals surface area contributed by atoms with Crippen molar-refractivity contribution >= 4 is 17.9 Å². The van der Waals surface area contributed by atoms with Crippen LogP contribution in [0.15, 0.2) is 18.2 Å². The van der Waals surface area contributed by atoms with E-state index in [4.69, 9.17) is 4.74 Å². The molecule has 0 aliphatic heterocycles. The smallest absolute Gasteiger partial charge is 0.408 e. The molecule has 7 heteroatoms. The van der Waals surface area contributed by atoms with E-state index in [-0.39, 0.29) is 29.8 Å². The summed E-state index contributed by atoms with van der Waals surface area (Å²) in [5.74, 6) is -0.610. The van der Waals surface area contributed by atoms with E-state index >= 15 is 0 Å². The molecular weight excluding hydrogens is 454 g/mol. The molecule has 1 aromatic carbocycles. The number of amides is 3. The normalized spacial score (nSPS) is 16.5. The van der Waals surface area contributed by atoms with Crippen LogP contribution in [-0.2, 0) is 14.3 Å². The number of carbonyl (C=O) groups excluding carboxylic acids is 3. The van der Waals surface area contributed by atoms with Gasteiger partial charge < -0.3 is 20.3 Å². The molecule has 1 aliphatic rings. The molecule has 1 aromatic rings. The Kier molecular flexibility index (Phi) is 10.4. The first-order chi connectivity index (χ1) is 16.7. The summed E-state index contributed by atoms with van der Waals surface area (Å²) < 4.78 is 5.45. The first-order valence-corrected chi connectivity index (χ1v) is 13.4. The van der Waals surface area contributed by atoms with Crippen LogP contribution < -0.4 is 10.6 Å². The number of benzene rings is 1. The number of hydrogen-bond donors (Lipinski definition) is 2. The van der Waals surface area contributed by atoms with Gasteiger partial charge in [-0.05, 0) is 84.3 Å². The van der Waals surface area contributed by atoms with Crippen LogP contribution in [0.5, 0.6) is 0 Å². The van der Waals surface area contributed by atoms with E-state index < -0.39 is 23.8 Å². The zero-order valence-electron chi connectivity index (χ0n) is 23.7. The quantitative estimate of drug-likeness (QED) is 0.438. The number of carbonyl (C=O) groups is 3. The molecule has 2 rings (SSSR count). The van der Waals surface area contributed by atoms with Crippen LogP contribution >= 0.6 is 0 Å². The number of nitrogens with one attached hydrogen (secondary N) is 2. The van der Waals surface area contributed by atoms with Gasteiger partial charge in [-0.1, -0.05) is 51.0 Å². The lowest BCUT2D eigenvalue weighted by Gasteiger charge is -2.44. The summed E-state index contributed by atoms with van der Waals surface area (Å²) in [5.41, 5.74) is 2.21. The van der Waals surface area contributed by atoms with Gasteiger partial charge in [-0.25, -0.2) is 4.79 Å². The maximum Gasteiger partial charge on any atom is 0.408 e. The topological polar surface area (TPSA) is 87.7 Å². The van der Waals surface area contributed by atoms with Gasteiger partial charge in [0.1, 0.15) is 17.7 Å². The van der Waals surface area contributed by atoms with Crippen molar-refractivity contribution < 1.29 is 19.1 Å². The van der Waals surface area contributed by atoms with E-state index in [1.165, 1.54) is 0 Å². The van der Waals surface area contributed by atoms with Gasteiger partial charge in [0.15, 0.2) is 0 Å². The van der Waals surface area contributed by atoms with Gasteiger partial charge in [-0.2, -0.15) is 0 Å². The number of nitrogens with zero attached hydrogens (tertiary/aromatic N) is 1. The van der Waals surface area contributed by atoms with Crippen LogP contribution in [0.4, 0.5) is 4.79 Å². The highest BCUT2D eigenvalue weighted by Gasteiger charge is 2.43. The zero-order chi connectivity index (χ0) is 27.2. The molecule has 0 saturated heterocycles. The molecule has 1 saturated carbocycles. The lowest BCUT2D eigenvalue weighted by molar-refractivity contribution is -0.148. The summed E-state index contributed by atoms with van der Waals surface area (Å²) in [4.78, 5) is 42.4. The Morgan fingerprint density at radius 3 is 2.19 bits per heavy atom. The fourth-order valence-corrected chi connectivity index (χ4v) is 4.67. The van der Waals surface area contributed by atoms with Crippen LogP contribution in [-0.4, -0.2) is 46.5 Å². The Morgan fingerprint density at radius 1 is 1.08 bits per heavy atom. The average molecular weight is 502 g/mol. The molecule has 1 fully saturated rings. The highest BCUT2D eigenvalue weighted by Crippen LogP contribution is 2.35. The van der Waals surface area contributed by atoms with Crippen LogP contribution in [0, 0.1) is 19.8 Å². The standard InChI is InChI=1S/C29H47N3O4/c1-10-12-21(6)30-26(33)25(23-16-15-19(4)17-20(23)5)32(22-13-11-14-22)27(34)24(18(2)3)31-28(35)36-29(7,8)9/h15-18,21-22,24-25H,10-14H2,1-9H3,(H,30,33)(H,31,35). The summed E-state index contributed by atoms with van der Waals surface area (Å²) in [7, 11) is 0. The average Bonchev–Trinajstić information content (AvgIpc) is 2.69. The number of alkyl carbamates (subject to hydrolysis) is 1. The lowest BCUT2D eigenvalue weighted by atomic mass is 9.86. The fourth-order valence-electron chi connectivity index (χ4n) is 4.67. The SMILES string of the molecule is CCCC(C)NC(=O)C(c1ccc(C)cc1C)N(C(=O)C(NC(=O)OC(C)(C)C)C(C)C)C1CCC1. The first kappa shape index (κ1) is 29.7. The monoisotopic (exact) mass is 501 g/mol. The third kappa shape index (κ3) is 7.97. The molecule has 3 amide bonds. The maximum absolute atomic E-state index is 14.2. The van der Waals surface area contributed by atoms with Gasteiger partial charge in [0, 0.05) is 12.1 Å². The Bertz CT molecular complexity index is 918. The van der Waals surface area contributed by atoms with E-state index in [9.17, 15) is 14.4 Å². The number of ether oxygens (including phenoxy) is 1. The molecular formula is C29H47N3O4. The molecule has 0 aromatic heterocycles. The van der Waals surface area contributed by atoms with Crippen molar-refractivity contribution in [2.45, 2.75) is 124 Å². The minimum Gasteiger partial charge on any atom is -0.444 e. The second-order valence-corrected chi connectivity index (χ2v) is 11.7. The third-order valence-corrected chi connectivity index (χ3v) is 6.68. The van der Waals surface area contributed by atoms with Gasteiger partial charge in [0.05, 0.1) is 0 Å². The summed E-state index contributed by atoms with van der Waals surface area (Å²) in [6.07, 6.45) is 3.86. The Morgan fingerprint density at radius 2 is 1.72 bits per heavy atom. The molecule has 0 heterocycles. The second-order valence-electron chi connectivity index (χ2n) is 11.7. The van der Waals surface area contributed by atoms with Gasteiger partial charge >= 0.3 is 6.09 Å². The van der Waals surface area contributed by atoms with Crippen molar-refractivity contribution in [3.8, 4) is 0 Å².